The average Bonchev–Trinajstić information content (AvgIpc) is 2.30. The Balaban J connectivity index is 4.52. The minimum absolute atomic E-state index is 0.00931. The van der Waals surface area contributed by atoms with E-state index in [0.717, 1.165) is 32.1 Å². The lowest BCUT2D eigenvalue weighted by atomic mass is 9.80. The fraction of sp³-hybridized carbons (Fsp3) is 0.941. The maximum absolute atomic E-state index is 12.4. The lowest BCUT2D eigenvalue weighted by Crippen LogP contribution is -2.36. The van der Waals surface area contributed by atoms with E-state index in [0.29, 0.717) is 0 Å². The van der Waals surface area contributed by atoms with Gasteiger partial charge in [-0.2, -0.15) is 0 Å². The van der Waals surface area contributed by atoms with Gasteiger partial charge in [0.25, 0.3) is 0 Å². The first-order valence-corrected chi connectivity index (χ1v) is 7.98. The van der Waals surface area contributed by atoms with Crippen molar-refractivity contribution >= 4 is 5.97 Å². The van der Waals surface area contributed by atoms with E-state index in [-0.39, 0.29) is 17.0 Å². The molecular weight excluding hydrogens is 236 g/mol. The van der Waals surface area contributed by atoms with Crippen LogP contribution < -0.4 is 0 Å². The van der Waals surface area contributed by atoms with Gasteiger partial charge in [-0.1, -0.05) is 52.4 Å². The lowest BCUT2D eigenvalue weighted by Gasteiger charge is -2.31. The fourth-order valence-corrected chi connectivity index (χ4v) is 2.24. The molecule has 0 radical (unpaired) electrons. The van der Waals surface area contributed by atoms with E-state index >= 15 is 0 Å². The zero-order valence-corrected chi connectivity index (χ0v) is 14.0. The zero-order valence-electron chi connectivity index (χ0n) is 14.0. The van der Waals surface area contributed by atoms with E-state index in [2.05, 4.69) is 20.8 Å². The molecule has 0 aromatic rings. The van der Waals surface area contributed by atoms with Crippen LogP contribution in [-0.4, -0.2) is 11.6 Å². The van der Waals surface area contributed by atoms with Crippen LogP contribution in [0.1, 0.15) is 92.9 Å². The van der Waals surface area contributed by atoms with Crippen LogP contribution in [0.3, 0.4) is 0 Å². The molecule has 1 atom stereocenters. The van der Waals surface area contributed by atoms with Crippen LogP contribution in [0.2, 0.25) is 0 Å². The van der Waals surface area contributed by atoms with Crippen molar-refractivity contribution in [2.75, 3.05) is 0 Å². The molecule has 0 heterocycles. The van der Waals surface area contributed by atoms with Gasteiger partial charge in [-0.15, -0.1) is 0 Å². The van der Waals surface area contributed by atoms with Crippen molar-refractivity contribution in [3.63, 3.8) is 0 Å². The highest BCUT2D eigenvalue weighted by atomic mass is 16.6. The quantitative estimate of drug-likeness (QED) is 0.409. The highest BCUT2D eigenvalue weighted by molar-refractivity contribution is 5.76. The van der Waals surface area contributed by atoms with Crippen LogP contribution in [0.5, 0.6) is 0 Å². The third kappa shape index (κ3) is 8.28. The predicted octanol–water partition coefficient (Wildman–Crippen LogP) is 5.50. The zero-order chi connectivity index (χ0) is 14.9. The Bertz CT molecular complexity index is 252. The second kappa shape index (κ2) is 8.60. The van der Waals surface area contributed by atoms with Gasteiger partial charge < -0.3 is 4.74 Å². The van der Waals surface area contributed by atoms with E-state index < -0.39 is 0 Å². The first-order valence-electron chi connectivity index (χ1n) is 7.98. The minimum atomic E-state index is -0.381. The third-order valence-electron chi connectivity index (χ3n) is 3.56. The molecule has 0 N–H and O–H groups in total. The van der Waals surface area contributed by atoms with Crippen molar-refractivity contribution < 1.29 is 9.53 Å². The molecule has 0 fully saturated rings. The standard InChI is InChI=1S/C17H34O2/c1-7-9-11-12-14-17(6,13-10-8-2)15(18)19-16(3,4)5/h7-14H2,1-6H3. The molecule has 0 rings (SSSR count). The summed E-state index contributed by atoms with van der Waals surface area (Å²) in [5.41, 5.74) is -0.676. The Kier molecular flexibility index (Phi) is 8.36. The molecule has 2 nitrogen and oxygen atoms in total. The third-order valence-corrected chi connectivity index (χ3v) is 3.56. The van der Waals surface area contributed by atoms with E-state index in [9.17, 15) is 4.79 Å². The molecule has 0 saturated heterocycles. The molecule has 19 heavy (non-hydrogen) atoms. The summed E-state index contributed by atoms with van der Waals surface area (Å²) >= 11 is 0. The minimum Gasteiger partial charge on any atom is -0.460 e. The Morgan fingerprint density at radius 1 is 0.842 bits per heavy atom. The summed E-state index contributed by atoms with van der Waals surface area (Å²) in [6.07, 6.45) is 8.99. The van der Waals surface area contributed by atoms with E-state index in [1.54, 1.807) is 0 Å². The SMILES string of the molecule is CCCCCCC(C)(CCCC)C(=O)OC(C)(C)C. The molecule has 0 aliphatic heterocycles. The van der Waals surface area contributed by atoms with E-state index in [1.165, 1.54) is 19.3 Å². The summed E-state index contributed by atoms with van der Waals surface area (Å²) in [5.74, 6) is -0.00931. The molecule has 0 aromatic carbocycles. The first-order chi connectivity index (χ1) is 8.75. The average molecular weight is 270 g/mol. The largest absolute Gasteiger partial charge is 0.460 e. The van der Waals surface area contributed by atoms with Gasteiger partial charge in [0.15, 0.2) is 0 Å². The van der Waals surface area contributed by atoms with Crippen LogP contribution in [0.25, 0.3) is 0 Å². The van der Waals surface area contributed by atoms with Crippen molar-refractivity contribution in [2.45, 2.75) is 98.5 Å². The second-order valence-corrected chi connectivity index (χ2v) is 6.98. The topological polar surface area (TPSA) is 26.3 Å². The summed E-state index contributed by atoms with van der Waals surface area (Å²) in [4.78, 5) is 12.4. The number of carbonyl (C=O) groups is 1. The van der Waals surface area contributed by atoms with Gasteiger partial charge in [0.05, 0.1) is 5.41 Å². The van der Waals surface area contributed by atoms with Crippen LogP contribution in [0.15, 0.2) is 0 Å². The van der Waals surface area contributed by atoms with Gasteiger partial charge in [-0.3, -0.25) is 4.79 Å². The Morgan fingerprint density at radius 2 is 1.37 bits per heavy atom. The van der Waals surface area contributed by atoms with Gasteiger partial charge in [-0.05, 0) is 40.5 Å². The smallest absolute Gasteiger partial charge is 0.312 e. The number of ether oxygens (including phenoxy) is 1. The maximum Gasteiger partial charge on any atom is 0.312 e. The molecule has 1 unspecified atom stereocenters. The van der Waals surface area contributed by atoms with Crippen molar-refractivity contribution in [2.24, 2.45) is 5.41 Å². The van der Waals surface area contributed by atoms with Crippen molar-refractivity contribution in [3.05, 3.63) is 0 Å². The monoisotopic (exact) mass is 270 g/mol. The van der Waals surface area contributed by atoms with Crippen molar-refractivity contribution in [3.8, 4) is 0 Å². The summed E-state index contributed by atoms with van der Waals surface area (Å²) in [7, 11) is 0. The van der Waals surface area contributed by atoms with Crippen LogP contribution in [0, 0.1) is 5.41 Å². The number of esters is 1. The molecule has 0 spiro atoms. The van der Waals surface area contributed by atoms with Gasteiger partial charge in [0, 0.05) is 0 Å². The molecule has 0 aromatic heterocycles. The van der Waals surface area contributed by atoms with Crippen molar-refractivity contribution in [1.29, 1.82) is 0 Å². The summed E-state index contributed by atoms with van der Waals surface area (Å²) in [5, 5.41) is 0. The molecule has 0 bridgehead atoms. The maximum atomic E-state index is 12.4. The van der Waals surface area contributed by atoms with Crippen LogP contribution in [-0.2, 0) is 9.53 Å². The van der Waals surface area contributed by atoms with Gasteiger partial charge >= 0.3 is 5.97 Å². The van der Waals surface area contributed by atoms with Crippen molar-refractivity contribution in [1.82, 2.24) is 0 Å². The normalized spacial score (nSPS) is 15.1. The second-order valence-electron chi connectivity index (χ2n) is 6.98. The summed E-state index contributed by atoms with van der Waals surface area (Å²) in [6.45, 7) is 12.3. The van der Waals surface area contributed by atoms with E-state index in [1.807, 2.05) is 20.8 Å². The van der Waals surface area contributed by atoms with Crippen LogP contribution in [0.4, 0.5) is 0 Å². The Hall–Kier alpha value is -0.530. The molecule has 0 amide bonds. The number of hydrogen-bond acceptors (Lipinski definition) is 2. The molecule has 114 valence electrons. The van der Waals surface area contributed by atoms with Gasteiger partial charge in [0.2, 0.25) is 0 Å². The number of unbranched alkanes of at least 4 members (excludes halogenated alkanes) is 4. The Labute approximate surface area is 120 Å². The lowest BCUT2D eigenvalue weighted by molar-refractivity contribution is -0.167. The van der Waals surface area contributed by atoms with E-state index in [4.69, 9.17) is 4.74 Å². The Morgan fingerprint density at radius 3 is 1.84 bits per heavy atom. The van der Waals surface area contributed by atoms with Gasteiger partial charge in [0.1, 0.15) is 5.60 Å². The number of hydrogen-bond donors (Lipinski definition) is 0. The molecule has 0 aliphatic carbocycles. The number of rotatable bonds is 9. The first kappa shape index (κ1) is 18.5. The molecule has 0 saturated carbocycles. The molecule has 0 aliphatic rings. The molecule has 2 heteroatoms. The van der Waals surface area contributed by atoms with Crippen LogP contribution >= 0.6 is 0 Å². The molecular formula is C17H34O2. The van der Waals surface area contributed by atoms with Gasteiger partial charge in [-0.25, -0.2) is 0 Å². The summed E-state index contributed by atoms with van der Waals surface area (Å²) in [6, 6.07) is 0. The fourth-order valence-electron chi connectivity index (χ4n) is 2.24. The highest BCUT2D eigenvalue weighted by Crippen LogP contribution is 2.34. The predicted molar refractivity (Wildman–Crippen MR) is 82.2 cm³/mol. The highest BCUT2D eigenvalue weighted by Gasteiger charge is 2.35. The summed E-state index contributed by atoms with van der Waals surface area (Å²) < 4.78 is 5.62. The number of carbonyl (C=O) groups excluding carboxylic acids is 1.